The summed E-state index contributed by atoms with van der Waals surface area (Å²) in [6.07, 6.45) is 9.95. The van der Waals surface area contributed by atoms with Crippen molar-refractivity contribution in [3.8, 4) is 0 Å². The number of hydrogen-bond donors (Lipinski definition) is 1. The first-order valence-corrected chi connectivity index (χ1v) is 8.64. The molecule has 0 amide bonds. The van der Waals surface area contributed by atoms with Crippen LogP contribution in [-0.4, -0.2) is 36.6 Å². The molecule has 2 nitrogen and oxygen atoms in total. The molecule has 1 atom stereocenters. The van der Waals surface area contributed by atoms with E-state index in [1.807, 2.05) is 0 Å². The quantitative estimate of drug-likeness (QED) is 0.817. The van der Waals surface area contributed by atoms with Gasteiger partial charge < -0.3 is 5.32 Å². The minimum atomic E-state index is 0.718. The van der Waals surface area contributed by atoms with Crippen LogP contribution in [0.25, 0.3) is 0 Å². The molecule has 1 aliphatic carbocycles. The van der Waals surface area contributed by atoms with Gasteiger partial charge in [0.05, 0.1) is 0 Å². The van der Waals surface area contributed by atoms with Gasteiger partial charge in [-0.15, -0.1) is 0 Å². The third-order valence-corrected chi connectivity index (χ3v) is 5.45. The minimum Gasteiger partial charge on any atom is -0.312 e. The van der Waals surface area contributed by atoms with Gasteiger partial charge in [-0.1, -0.05) is 33.1 Å². The number of nitrogens with zero attached hydrogens (tertiary/aromatic N) is 1. The average Bonchev–Trinajstić information content (AvgIpc) is 2.46. The van der Waals surface area contributed by atoms with Gasteiger partial charge >= 0.3 is 0 Å². The predicted octanol–water partition coefficient (Wildman–Crippen LogP) is 3.67. The van der Waals surface area contributed by atoms with E-state index in [1.54, 1.807) is 0 Å². The second kappa shape index (κ2) is 7.64. The number of hydrogen-bond acceptors (Lipinski definition) is 2. The smallest absolute Gasteiger partial charge is 0.0192 e. The average molecular weight is 266 g/mol. The van der Waals surface area contributed by atoms with Crippen molar-refractivity contribution in [2.75, 3.05) is 19.6 Å². The summed E-state index contributed by atoms with van der Waals surface area (Å²) >= 11 is 0. The first-order valence-electron chi connectivity index (χ1n) is 8.64. The molecule has 0 spiro atoms. The molecule has 0 radical (unpaired) electrons. The van der Waals surface area contributed by atoms with Crippen LogP contribution in [0.2, 0.25) is 0 Å². The van der Waals surface area contributed by atoms with Crippen molar-refractivity contribution < 1.29 is 0 Å². The van der Waals surface area contributed by atoms with Gasteiger partial charge in [0.2, 0.25) is 0 Å². The molecule has 0 aromatic rings. The molecule has 0 bridgehead atoms. The first-order chi connectivity index (χ1) is 9.16. The second-order valence-corrected chi connectivity index (χ2v) is 7.21. The lowest BCUT2D eigenvalue weighted by Gasteiger charge is -2.38. The van der Waals surface area contributed by atoms with Crippen LogP contribution in [0.5, 0.6) is 0 Å². The Kier molecular flexibility index (Phi) is 6.15. The number of nitrogens with one attached hydrogen (secondary N) is 1. The molecule has 0 aromatic carbocycles. The van der Waals surface area contributed by atoms with Crippen molar-refractivity contribution in [1.82, 2.24) is 10.2 Å². The van der Waals surface area contributed by atoms with Crippen LogP contribution in [0.15, 0.2) is 0 Å². The highest BCUT2D eigenvalue weighted by molar-refractivity contribution is 4.80. The molecule has 19 heavy (non-hydrogen) atoms. The van der Waals surface area contributed by atoms with Crippen LogP contribution in [0.4, 0.5) is 0 Å². The zero-order valence-electron chi connectivity index (χ0n) is 13.3. The Morgan fingerprint density at radius 1 is 0.947 bits per heavy atom. The van der Waals surface area contributed by atoms with E-state index in [1.165, 1.54) is 64.6 Å². The molecule has 112 valence electrons. The minimum absolute atomic E-state index is 0.718. The molecule has 1 saturated carbocycles. The fourth-order valence-corrected chi connectivity index (χ4v) is 3.80. The van der Waals surface area contributed by atoms with E-state index < -0.39 is 0 Å². The highest BCUT2D eigenvalue weighted by Crippen LogP contribution is 2.25. The van der Waals surface area contributed by atoms with Crippen molar-refractivity contribution in [1.29, 1.82) is 0 Å². The van der Waals surface area contributed by atoms with Crippen LogP contribution < -0.4 is 5.32 Å². The SMILES string of the molecule is CC(C)C1CCN(C(C)CNC2CCCCC2)CC1. The summed E-state index contributed by atoms with van der Waals surface area (Å²) in [6, 6.07) is 1.53. The van der Waals surface area contributed by atoms with E-state index in [9.17, 15) is 0 Å². The van der Waals surface area contributed by atoms with E-state index in [-0.39, 0.29) is 0 Å². The lowest BCUT2D eigenvalue weighted by Crippen LogP contribution is -2.47. The van der Waals surface area contributed by atoms with Crippen LogP contribution in [0, 0.1) is 11.8 Å². The summed E-state index contributed by atoms with van der Waals surface area (Å²) in [6.45, 7) is 11.0. The molecule has 1 aliphatic heterocycles. The van der Waals surface area contributed by atoms with Gasteiger partial charge in [-0.3, -0.25) is 4.90 Å². The van der Waals surface area contributed by atoms with Crippen LogP contribution >= 0.6 is 0 Å². The van der Waals surface area contributed by atoms with Crippen LogP contribution in [-0.2, 0) is 0 Å². The molecule has 2 aliphatic rings. The zero-order chi connectivity index (χ0) is 13.7. The van der Waals surface area contributed by atoms with Gasteiger partial charge in [0.1, 0.15) is 0 Å². The summed E-state index contributed by atoms with van der Waals surface area (Å²) in [7, 11) is 0. The molecule has 1 saturated heterocycles. The Labute approximate surface area is 120 Å². The summed E-state index contributed by atoms with van der Waals surface area (Å²) in [5.74, 6) is 1.84. The largest absolute Gasteiger partial charge is 0.312 e. The highest BCUT2D eigenvalue weighted by Gasteiger charge is 2.24. The van der Waals surface area contributed by atoms with Crippen LogP contribution in [0.3, 0.4) is 0 Å². The molecule has 2 heteroatoms. The van der Waals surface area contributed by atoms with Gasteiger partial charge in [-0.2, -0.15) is 0 Å². The molecular weight excluding hydrogens is 232 g/mol. The monoisotopic (exact) mass is 266 g/mol. The third-order valence-electron chi connectivity index (χ3n) is 5.45. The maximum atomic E-state index is 3.81. The van der Waals surface area contributed by atoms with E-state index in [0.29, 0.717) is 0 Å². The van der Waals surface area contributed by atoms with E-state index in [2.05, 4.69) is 31.0 Å². The standard InChI is InChI=1S/C17H34N2/c1-14(2)16-9-11-19(12-10-16)15(3)13-18-17-7-5-4-6-8-17/h14-18H,4-13H2,1-3H3. The molecule has 2 fully saturated rings. The first kappa shape index (κ1) is 15.3. The Morgan fingerprint density at radius 3 is 2.16 bits per heavy atom. The third kappa shape index (κ3) is 4.75. The van der Waals surface area contributed by atoms with Crippen molar-refractivity contribution in [3.05, 3.63) is 0 Å². The predicted molar refractivity (Wildman–Crippen MR) is 83.5 cm³/mol. The summed E-state index contributed by atoms with van der Waals surface area (Å²) in [5, 5.41) is 3.81. The van der Waals surface area contributed by atoms with Crippen LogP contribution in [0.1, 0.15) is 65.7 Å². The lowest BCUT2D eigenvalue weighted by atomic mass is 9.86. The van der Waals surface area contributed by atoms with Gasteiger partial charge in [-0.05, 0) is 57.5 Å². The zero-order valence-corrected chi connectivity index (χ0v) is 13.3. The highest BCUT2D eigenvalue weighted by atomic mass is 15.2. The molecular formula is C17H34N2. The molecule has 2 rings (SSSR count). The fraction of sp³-hybridized carbons (Fsp3) is 1.00. The molecule has 1 heterocycles. The van der Waals surface area contributed by atoms with E-state index in [4.69, 9.17) is 0 Å². The summed E-state index contributed by atoms with van der Waals surface area (Å²) < 4.78 is 0. The van der Waals surface area contributed by atoms with Gasteiger partial charge in [-0.25, -0.2) is 0 Å². The van der Waals surface area contributed by atoms with E-state index >= 15 is 0 Å². The maximum absolute atomic E-state index is 3.81. The van der Waals surface area contributed by atoms with Crippen molar-refractivity contribution >= 4 is 0 Å². The fourth-order valence-electron chi connectivity index (χ4n) is 3.80. The Hall–Kier alpha value is -0.0800. The van der Waals surface area contributed by atoms with E-state index in [0.717, 1.165) is 23.9 Å². The number of likely N-dealkylation sites (tertiary alicyclic amines) is 1. The summed E-state index contributed by atoms with van der Waals surface area (Å²) in [4.78, 5) is 2.70. The number of piperidine rings is 1. The summed E-state index contributed by atoms with van der Waals surface area (Å²) in [5.41, 5.74) is 0. The normalized spacial score (nSPS) is 25.9. The van der Waals surface area contributed by atoms with Crippen molar-refractivity contribution in [2.24, 2.45) is 11.8 Å². The van der Waals surface area contributed by atoms with Crippen molar-refractivity contribution in [3.63, 3.8) is 0 Å². The second-order valence-electron chi connectivity index (χ2n) is 7.21. The van der Waals surface area contributed by atoms with Gasteiger partial charge in [0.15, 0.2) is 0 Å². The lowest BCUT2D eigenvalue weighted by molar-refractivity contribution is 0.118. The molecule has 0 aromatic heterocycles. The van der Waals surface area contributed by atoms with Crippen molar-refractivity contribution in [2.45, 2.75) is 77.8 Å². The topological polar surface area (TPSA) is 15.3 Å². The molecule has 1 N–H and O–H groups in total. The Balaban J connectivity index is 1.64. The maximum Gasteiger partial charge on any atom is 0.0192 e. The molecule has 1 unspecified atom stereocenters. The Bertz CT molecular complexity index is 238. The van der Waals surface area contributed by atoms with Gasteiger partial charge in [0.25, 0.3) is 0 Å². The number of rotatable bonds is 5. The van der Waals surface area contributed by atoms with Gasteiger partial charge in [0, 0.05) is 18.6 Å². The Morgan fingerprint density at radius 2 is 1.58 bits per heavy atom.